The van der Waals surface area contributed by atoms with Crippen molar-refractivity contribution in [2.75, 3.05) is 7.05 Å². The molecule has 2 heteroatoms. The van der Waals surface area contributed by atoms with Crippen molar-refractivity contribution in [3.05, 3.63) is 34.9 Å². The van der Waals surface area contributed by atoms with Crippen LogP contribution in [0.25, 0.3) is 0 Å². The van der Waals surface area contributed by atoms with Crippen molar-refractivity contribution in [3.8, 4) is 0 Å². The number of hydrogen-bond acceptors (Lipinski definition) is 1. The Morgan fingerprint density at radius 3 is 2.61 bits per heavy atom. The summed E-state index contributed by atoms with van der Waals surface area (Å²) >= 11 is 6.05. The molecule has 0 fully saturated rings. The second-order valence-electron chi connectivity index (χ2n) is 5.04. The fourth-order valence-electron chi connectivity index (χ4n) is 2.58. The van der Waals surface area contributed by atoms with Gasteiger partial charge in [0.15, 0.2) is 0 Å². The molecule has 0 heterocycles. The lowest BCUT2D eigenvalue weighted by atomic mass is 9.87. The standard InChI is InChI=1S/C16H26ClN/c1-4-6-9-14(5-2)16(18-3)12-13-8-7-10-15(17)11-13/h7-8,10-11,14,16,18H,4-6,9,12H2,1-3H3. The van der Waals surface area contributed by atoms with E-state index >= 15 is 0 Å². The molecule has 0 saturated heterocycles. The predicted molar refractivity (Wildman–Crippen MR) is 81.3 cm³/mol. The van der Waals surface area contributed by atoms with Gasteiger partial charge in [0.05, 0.1) is 0 Å². The first kappa shape index (κ1) is 15.5. The SMILES string of the molecule is CCCCC(CC)C(Cc1cccc(Cl)c1)NC. The fourth-order valence-corrected chi connectivity index (χ4v) is 2.79. The molecule has 0 amide bonds. The van der Waals surface area contributed by atoms with Crippen molar-refractivity contribution in [3.63, 3.8) is 0 Å². The quantitative estimate of drug-likeness (QED) is 0.721. The highest BCUT2D eigenvalue weighted by molar-refractivity contribution is 6.30. The molecule has 0 aliphatic carbocycles. The van der Waals surface area contributed by atoms with E-state index in [-0.39, 0.29) is 0 Å². The van der Waals surface area contributed by atoms with Gasteiger partial charge in [-0.2, -0.15) is 0 Å². The fraction of sp³-hybridized carbons (Fsp3) is 0.625. The van der Waals surface area contributed by atoms with Crippen LogP contribution < -0.4 is 5.32 Å². The van der Waals surface area contributed by atoms with Crippen LogP contribution in [-0.2, 0) is 6.42 Å². The maximum atomic E-state index is 6.05. The van der Waals surface area contributed by atoms with Crippen LogP contribution in [-0.4, -0.2) is 13.1 Å². The van der Waals surface area contributed by atoms with Crippen molar-refractivity contribution >= 4 is 11.6 Å². The molecular weight excluding hydrogens is 242 g/mol. The number of benzene rings is 1. The topological polar surface area (TPSA) is 12.0 Å². The zero-order chi connectivity index (χ0) is 13.4. The van der Waals surface area contributed by atoms with Crippen LogP contribution in [0.4, 0.5) is 0 Å². The van der Waals surface area contributed by atoms with Crippen LogP contribution in [0.3, 0.4) is 0 Å². The summed E-state index contributed by atoms with van der Waals surface area (Å²) in [5, 5.41) is 4.32. The third-order valence-corrected chi connectivity index (χ3v) is 3.97. The molecule has 102 valence electrons. The summed E-state index contributed by atoms with van der Waals surface area (Å²) < 4.78 is 0. The molecule has 1 aromatic rings. The van der Waals surface area contributed by atoms with Gasteiger partial charge in [-0.3, -0.25) is 0 Å². The Bertz CT molecular complexity index is 338. The van der Waals surface area contributed by atoms with Gasteiger partial charge in [0.2, 0.25) is 0 Å². The van der Waals surface area contributed by atoms with Gasteiger partial charge in [-0.1, -0.05) is 56.8 Å². The molecule has 1 aromatic carbocycles. The molecule has 0 aromatic heterocycles. The van der Waals surface area contributed by atoms with E-state index in [1.165, 1.54) is 31.2 Å². The summed E-state index contributed by atoms with van der Waals surface area (Å²) in [4.78, 5) is 0. The molecule has 2 unspecified atom stereocenters. The molecule has 0 radical (unpaired) electrons. The summed E-state index contributed by atoms with van der Waals surface area (Å²) in [5.41, 5.74) is 1.33. The minimum atomic E-state index is 0.556. The van der Waals surface area contributed by atoms with Crippen LogP contribution in [0, 0.1) is 5.92 Å². The average Bonchev–Trinajstić information content (AvgIpc) is 2.38. The van der Waals surface area contributed by atoms with Crippen LogP contribution in [0.15, 0.2) is 24.3 Å². The van der Waals surface area contributed by atoms with Crippen molar-refractivity contribution in [1.82, 2.24) is 5.32 Å². The summed E-state index contributed by atoms with van der Waals surface area (Å²) in [5.74, 6) is 0.758. The summed E-state index contributed by atoms with van der Waals surface area (Å²) in [6, 6.07) is 8.78. The lowest BCUT2D eigenvalue weighted by Crippen LogP contribution is -2.35. The van der Waals surface area contributed by atoms with Gasteiger partial charge < -0.3 is 5.32 Å². The molecule has 1 N–H and O–H groups in total. The van der Waals surface area contributed by atoms with Gasteiger partial charge >= 0.3 is 0 Å². The van der Waals surface area contributed by atoms with E-state index in [0.717, 1.165) is 17.4 Å². The summed E-state index contributed by atoms with van der Waals surface area (Å²) in [7, 11) is 2.07. The molecule has 0 saturated carbocycles. The van der Waals surface area contributed by atoms with E-state index < -0.39 is 0 Å². The normalized spacial score (nSPS) is 14.4. The van der Waals surface area contributed by atoms with E-state index in [9.17, 15) is 0 Å². The maximum Gasteiger partial charge on any atom is 0.0408 e. The van der Waals surface area contributed by atoms with Gasteiger partial charge in [-0.05, 0) is 43.5 Å². The third kappa shape index (κ3) is 4.99. The van der Waals surface area contributed by atoms with E-state index in [1.807, 2.05) is 12.1 Å². The Morgan fingerprint density at radius 2 is 2.06 bits per heavy atom. The zero-order valence-electron chi connectivity index (χ0n) is 11.9. The number of nitrogens with one attached hydrogen (secondary N) is 1. The highest BCUT2D eigenvalue weighted by atomic mass is 35.5. The number of halogens is 1. The van der Waals surface area contributed by atoms with Crippen LogP contribution in [0.5, 0.6) is 0 Å². The predicted octanol–water partition coefficient (Wildman–Crippen LogP) is 4.69. The Labute approximate surface area is 117 Å². The van der Waals surface area contributed by atoms with Crippen LogP contribution >= 0.6 is 11.6 Å². The van der Waals surface area contributed by atoms with E-state index in [4.69, 9.17) is 11.6 Å². The van der Waals surface area contributed by atoms with E-state index in [0.29, 0.717) is 6.04 Å². The first-order valence-electron chi connectivity index (χ1n) is 7.12. The summed E-state index contributed by atoms with van der Waals surface area (Å²) in [6.45, 7) is 4.56. The molecule has 0 aliphatic rings. The largest absolute Gasteiger partial charge is 0.316 e. The summed E-state index contributed by atoms with van der Waals surface area (Å²) in [6.07, 6.45) is 6.24. The first-order valence-corrected chi connectivity index (χ1v) is 7.50. The highest BCUT2D eigenvalue weighted by Crippen LogP contribution is 2.21. The molecule has 0 spiro atoms. The minimum Gasteiger partial charge on any atom is -0.316 e. The average molecular weight is 268 g/mol. The molecule has 18 heavy (non-hydrogen) atoms. The van der Waals surface area contributed by atoms with Gasteiger partial charge in [0, 0.05) is 11.1 Å². The Morgan fingerprint density at radius 1 is 1.28 bits per heavy atom. The number of unbranched alkanes of at least 4 members (excludes halogenated alkanes) is 1. The minimum absolute atomic E-state index is 0.556. The van der Waals surface area contributed by atoms with Crippen molar-refractivity contribution in [2.45, 2.75) is 52.0 Å². The Hall–Kier alpha value is -0.530. The number of rotatable bonds is 8. The zero-order valence-corrected chi connectivity index (χ0v) is 12.6. The van der Waals surface area contributed by atoms with Gasteiger partial charge in [-0.25, -0.2) is 0 Å². The Balaban J connectivity index is 2.64. The van der Waals surface area contributed by atoms with Gasteiger partial charge in [0.1, 0.15) is 0 Å². The third-order valence-electron chi connectivity index (χ3n) is 3.74. The monoisotopic (exact) mass is 267 g/mol. The second-order valence-corrected chi connectivity index (χ2v) is 5.48. The van der Waals surface area contributed by atoms with Crippen LogP contribution in [0.1, 0.15) is 45.1 Å². The van der Waals surface area contributed by atoms with Gasteiger partial charge in [0.25, 0.3) is 0 Å². The Kier molecular flexibility index (Phi) is 7.38. The van der Waals surface area contributed by atoms with E-state index in [1.54, 1.807) is 0 Å². The first-order chi connectivity index (χ1) is 8.71. The lowest BCUT2D eigenvalue weighted by molar-refractivity contribution is 0.330. The smallest absolute Gasteiger partial charge is 0.0408 e. The molecule has 2 atom stereocenters. The number of likely N-dealkylation sites (N-methyl/N-ethyl adjacent to an activating group) is 1. The lowest BCUT2D eigenvalue weighted by Gasteiger charge is -2.26. The molecule has 1 nitrogen and oxygen atoms in total. The second kappa shape index (κ2) is 8.55. The molecule has 0 bridgehead atoms. The molecule has 1 rings (SSSR count). The van der Waals surface area contributed by atoms with Crippen molar-refractivity contribution < 1.29 is 0 Å². The van der Waals surface area contributed by atoms with Crippen molar-refractivity contribution in [1.29, 1.82) is 0 Å². The highest BCUT2D eigenvalue weighted by Gasteiger charge is 2.18. The van der Waals surface area contributed by atoms with E-state index in [2.05, 4.69) is 38.3 Å². The molecule has 0 aliphatic heterocycles. The van der Waals surface area contributed by atoms with Crippen LogP contribution in [0.2, 0.25) is 5.02 Å². The molecular formula is C16H26ClN. The van der Waals surface area contributed by atoms with Crippen molar-refractivity contribution in [2.24, 2.45) is 5.92 Å². The maximum absolute atomic E-state index is 6.05. The number of hydrogen-bond donors (Lipinski definition) is 1. The van der Waals surface area contributed by atoms with Gasteiger partial charge in [-0.15, -0.1) is 0 Å².